The molecule has 0 unspecified atom stereocenters. The van der Waals surface area contributed by atoms with Gasteiger partial charge in [-0.15, -0.1) is 0 Å². The summed E-state index contributed by atoms with van der Waals surface area (Å²) in [6.07, 6.45) is 2.04. The zero-order valence-corrected chi connectivity index (χ0v) is 15.6. The van der Waals surface area contributed by atoms with Gasteiger partial charge in [0.1, 0.15) is 24.6 Å². The molecule has 2 aliphatic rings. The van der Waals surface area contributed by atoms with Crippen molar-refractivity contribution in [3.05, 3.63) is 29.8 Å². The molecule has 2 saturated heterocycles. The molecule has 1 N–H and O–H groups in total. The third kappa shape index (κ3) is 5.19. The van der Waals surface area contributed by atoms with Gasteiger partial charge >= 0.3 is 0 Å². The number of hydrogen-bond donors (Lipinski definition) is 1. The summed E-state index contributed by atoms with van der Waals surface area (Å²) in [6, 6.07) is 7.99. The molecule has 0 aromatic heterocycles. The molecular formula is C20H30N2O4. The molecule has 26 heavy (non-hydrogen) atoms. The van der Waals surface area contributed by atoms with E-state index in [2.05, 4.69) is 11.8 Å². The zero-order valence-electron chi connectivity index (χ0n) is 15.6. The van der Waals surface area contributed by atoms with E-state index in [1.807, 2.05) is 29.2 Å². The molecule has 3 rings (SSSR count). The van der Waals surface area contributed by atoms with Gasteiger partial charge in [0.2, 0.25) is 0 Å². The van der Waals surface area contributed by atoms with Gasteiger partial charge in [0.05, 0.1) is 0 Å². The minimum Gasteiger partial charge on any atom is -0.491 e. The van der Waals surface area contributed by atoms with Crippen LogP contribution in [0.2, 0.25) is 0 Å². The van der Waals surface area contributed by atoms with Crippen LogP contribution in [0, 0.1) is 0 Å². The Morgan fingerprint density at radius 1 is 1.27 bits per heavy atom. The summed E-state index contributed by atoms with van der Waals surface area (Å²) in [5.41, 5.74) is 1.27. The molecule has 1 aromatic rings. The number of aliphatic hydroxyl groups excluding tert-OH is 1. The molecule has 2 aliphatic heterocycles. The largest absolute Gasteiger partial charge is 0.491 e. The highest BCUT2D eigenvalue weighted by molar-refractivity contribution is 5.81. The van der Waals surface area contributed by atoms with E-state index in [9.17, 15) is 9.90 Å². The Balaban J connectivity index is 1.36. The molecule has 1 amide bonds. The molecule has 2 atom stereocenters. The van der Waals surface area contributed by atoms with Crippen molar-refractivity contribution in [2.75, 3.05) is 45.9 Å². The fourth-order valence-electron chi connectivity index (χ4n) is 3.49. The smallest absolute Gasteiger partial charge is 0.251 e. The first kappa shape index (κ1) is 19.1. The minimum absolute atomic E-state index is 0.126. The van der Waals surface area contributed by atoms with Crippen LogP contribution in [-0.4, -0.2) is 79.0 Å². The first-order valence-corrected chi connectivity index (χ1v) is 9.68. The maximum atomic E-state index is 12.3. The number of aliphatic hydroxyl groups is 1. The Labute approximate surface area is 155 Å². The highest BCUT2D eigenvalue weighted by atomic mass is 16.5. The highest BCUT2D eigenvalue weighted by Crippen LogP contribution is 2.16. The first-order valence-electron chi connectivity index (χ1n) is 9.68. The Kier molecular flexibility index (Phi) is 6.88. The van der Waals surface area contributed by atoms with E-state index in [-0.39, 0.29) is 18.6 Å². The van der Waals surface area contributed by atoms with Gasteiger partial charge in [0.15, 0.2) is 0 Å². The van der Waals surface area contributed by atoms with Crippen LogP contribution < -0.4 is 4.74 Å². The number of β-amino-alcohol motifs (C(OH)–C–C–N with tert-alkyl or cyclic N) is 1. The molecular weight excluding hydrogens is 332 g/mol. The van der Waals surface area contributed by atoms with Gasteiger partial charge in [-0.2, -0.15) is 0 Å². The number of carbonyl (C=O) groups is 1. The van der Waals surface area contributed by atoms with E-state index in [1.165, 1.54) is 5.56 Å². The molecule has 2 heterocycles. The molecule has 144 valence electrons. The SMILES string of the molecule is CCc1ccc(OC[C@@H](O)CN2CCN(C(=O)[C@@H]3CCCO3)CC2)cc1. The van der Waals surface area contributed by atoms with Crippen LogP contribution in [0.5, 0.6) is 5.75 Å². The van der Waals surface area contributed by atoms with Crippen LogP contribution in [-0.2, 0) is 16.0 Å². The number of benzene rings is 1. The Hall–Kier alpha value is -1.63. The van der Waals surface area contributed by atoms with Crippen molar-refractivity contribution in [3.8, 4) is 5.75 Å². The summed E-state index contributed by atoms with van der Waals surface area (Å²) < 4.78 is 11.2. The fraction of sp³-hybridized carbons (Fsp3) is 0.650. The van der Waals surface area contributed by atoms with Crippen LogP contribution >= 0.6 is 0 Å². The van der Waals surface area contributed by atoms with Gasteiger partial charge in [-0.1, -0.05) is 19.1 Å². The number of nitrogens with zero attached hydrogens (tertiary/aromatic N) is 2. The van der Waals surface area contributed by atoms with Crippen LogP contribution in [0.15, 0.2) is 24.3 Å². The number of rotatable bonds is 7. The van der Waals surface area contributed by atoms with Gasteiger partial charge in [-0.05, 0) is 37.0 Å². The average molecular weight is 362 g/mol. The zero-order chi connectivity index (χ0) is 18.4. The van der Waals surface area contributed by atoms with Crippen LogP contribution in [0.4, 0.5) is 0 Å². The van der Waals surface area contributed by atoms with E-state index in [0.29, 0.717) is 26.2 Å². The molecule has 0 spiro atoms. The number of ether oxygens (including phenoxy) is 2. The predicted octanol–water partition coefficient (Wildman–Crippen LogP) is 1.31. The monoisotopic (exact) mass is 362 g/mol. The maximum Gasteiger partial charge on any atom is 0.251 e. The highest BCUT2D eigenvalue weighted by Gasteiger charge is 2.30. The van der Waals surface area contributed by atoms with Crippen molar-refractivity contribution in [2.45, 2.75) is 38.4 Å². The van der Waals surface area contributed by atoms with Gasteiger partial charge in [0, 0.05) is 39.3 Å². The third-order valence-corrected chi connectivity index (χ3v) is 5.13. The standard InChI is InChI=1S/C20H30N2O4/c1-2-16-5-7-18(8-6-16)26-15-17(23)14-21-9-11-22(12-10-21)20(24)19-4-3-13-25-19/h5-8,17,19,23H,2-4,9-15H2,1H3/t17-,19-/m0/s1. The molecule has 0 aliphatic carbocycles. The van der Waals surface area contributed by atoms with E-state index in [0.717, 1.165) is 38.1 Å². The van der Waals surface area contributed by atoms with Crippen molar-refractivity contribution in [1.29, 1.82) is 0 Å². The van der Waals surface area contributed by atoms with Crippen molar-refractivity contribution in [3.63, 3.8) is 0 Å². The number of aryl methyl sites for hydroxylation is 1. The van der Waals surface area contributed by atoms with Gasteiger partial charge in [-0.25, -0.2) is 0 Å². The van der Waals surface area contributed by atoms with E-state index in [4.69, 9.17) is 9.47 Å². The van der Waals surface area contributed by atoms with Crippen molar-refractivity contribution in [1.82, 2.24) is 9.80 Å². The lowest BCUT2D eigenvalue weighted by molar-refractivity contribution is -0.142. The molecule has 0 radical (unpaired) electrons. The molecule has 6 nitrogen and oxygen atoms in total. The lowest BCUT2D eigenvalue weighted by Gasteiger charge is -2.36. The number of piperazine rings is 1. The first-order chi connectivity index (χ1) is 12.7. The second-order valence-corrected chi connectivity index (χ2v) is 7.09. The second-order valence-electron chi connectivity index (χ2n) is 7.09. The third-order valence-electron chi connectivity index (χ3n) is 5.13. The molecule has 2 fully saturated rings. The number of carbonyl (C=O) groups excluding carboxylic acids is 1. The molecule has 0 bridgehead atoms. The summed E-state index contributed by atoms with van der Waals surface area (Å²) in [4.78, 5) is 16.4. The van der Waals surface area contributed by atoms with Crippen LogP contribution in [0.1, 0.15) is 25.3 Å². The predicted molar refractivity (Wildman–Crippen MR) is 99.3 cm³/mol. The van der Waals surface area contributed by atoms with Crippen molar-refractivity contribution >= 4 is 5.91 Å². The molecule has 6 heteroatoms. The van der Waals surface area contributed by atoms with E-state index >= 15 is 0 Å². The van der Waals surface area contributed by atoms with Gasteiger partial charge in [-0.3, -0.25) is 9.69 Å². The second kappa shape index (κ2) is 9.35. The van der Waals surface area contributed by atoms with Gasteiger partial charge in [0.25, 0.3) is 5.91 Å². The maximum absolute atomic E-state index is 12.3. The minimum atomic E-state index is -0.540. The molecule has 0 saturated carbocycles. The number of hydrogen-bond acceptors (Lipinski definition) is 5. The van der Waals surface area contributed by atoms with Crippen LogP contribution in [0.25, 0.3) is 0 Å². The summed E-state index contributed by atoms with van der Waals surface area (Å²) in [5.74, 6) is 0.912. The average Bonchev–Trinajstić information content (AvgIpc) is 3.21. The number of amides is 1. The lowest BCUT2D eigenvalue weighted by atomic mass is 10.2. The Morgan fingerprint density at radius 2 is 2.00 bits per heavy atom. The van der Waals surface area contributed by atoms with Gasteiger partial charge < -0.3 is 19.5 Å². The van der Waals surface area contributed by atoms with Crippen molar-refractivity contribution in [2.24, 2.45) is 0 Å². The lowest BCUT2D eigenvalue weighted by Crippen LogP contribution is -2.53. The summed E-state index contributed by atoms with van der Waals surface area (Å²) >= 11 is 0. The van der Waals surface area contributed by atoms with Crippen molar-refractivity contribution < 1.29 is 19.4 Å². The van der Waals surface area contributed by atoms with E-state index < -0.39 is 6.10 Å². The quantitative estimate of drug-likeness (QED) is 0.793. The normalized spacial score (nSPS) is 22.4. The summed E-state index contributed by atoms with van der Waals surface area (Å²) in [5, 5.41) is 10.2. The summed E-state index contributed by atoms with van der Waals surface area (Å²) in [7, 11) is 0. The Bertz CT molecular complexity index is 564. The van der Waals surface area contributed by atoms with Crippen LogP contribution in [0.3, 0.4) is 0 Å². The Morgan fingerprint density at radius 3 is 2.62 bits per heavy atom. The fourth-order valence-corrected chi connectivity index (χ4v) is 3.49. The summed E-state index contributed by atoms with van der Waals surface area (Å²) in [6.45, 7) is 6.62. The van der Waals surface area contributed by atoms with E-state index in [1.54, 1.807) is 0 Å². The topological polar surface area (TPSA) is 62.2 Å². The molecule has 1 aromatic carbocycles.